The molecule has 0 radical (unpaired) electrons. The molecule has 3 N–H and O–H groups in total. The van der Waals surface area contributed by atoms with Crippen LogP contribution in [0.25, 0.3) is 0 Å². The second-order valence-electron chi connectivity index (χ2n) is 5.47. The first-order valence-corrected chi connectivity index (χ1v) is 9.34. The standard InChI is InChI=1S/C16H20N4O4S/c1-2-11-20-15(21)8-7-14(19-20)16(22)18-10-9-12-3-5-13(6-4-12)25(17,23)24/h3-8H,2,9-11H2,1H3,(H,18,22)(H2,17,23,24). The monoisotopic (exact) mass is 364 g/mol. The SMILES string of the molecule is CCCn1nc(C(=O)NCCc2ccc(S(N)(=O)=O)cc2)ccc1=O. The van der Waals surface area contributed by atoms with E-state index in [9.17, 15) is 18.0 Å². The maximum absolute atomic E-state index is 12.1. The fourth-order valence-electron chi connectivity index (χ4n) is 2.20. The van der Waals surface area contributed by atoms with Crippen LogP contribution in [0.2, 0.25) is 0 Å². The lowest BCUT2D eigenvalue weighted by Crippen LogP contribution is -2.30. The normalized spacial score (nSPS) is 11.3. The maximum Gasteiger partial charge on any atom is 0.271 e. The van der Waals surface area contributed by atoms with Crippen LogP contribution in [-0.2, 0) is 23.0 Å². The Labute approximate surface area is 145 Å². The summed E-state index contributed by atoms with van der Waals surface area (Å²) >= 11 is 0. The summed E-state index contributed by atoms with van der Waals surface area (Å²) in [6, 6.07) is 8.86. The number of aryl methyl sites for hydroxylation is 1. The van der Waals surface area contributed by atoms with Crippen LogP contribution in [0.4, 0.5) is 0 Å². The van der Waals surface area contributed by atoms with E-state index in [1.54, 1.807) is 12.1 Å². The van der Waals surface area contributed by atoms with E-state index < -0.39 is 10.0 Å². The molecule has 1 heterocycles. The molecular weight excluding hydrogens is 344 g/mol. The highest BCUT2D eigenvalue weighted by atomic mass is 32.2. The summed E-state index contributed by atoms with van der Waals surface area (Å²) < 4.78 is 23.6. The number of aromatic nitrogens is 2. The van der Waals surface area contributed by atoms with E-state index in [1.165, 1.54) is 28.9 Å². The van der Waals surface area contributed by atoms with Crippen molar-refractivity contribution < 1.29 is 13.2 Å². The summed E-state index contributed by atoms with van der Waals surface area (Å²) in [5.74, 6) is -0.369. The molecule has 0 fully saturated rings. The minimum absolute atomic E-state index is 0.0441. The molecular formula is C16H20N4O4S. The minimum atomic E-state index is -3.71. The molecule has 134 valence electrons. The molecule has 0 atom stereocenters. The van der Waals surface area contributed by atoms with E-state index in [-0.39, 0.29) is 22.1 Å². The van der Waals surface area contributed by atoms with E-state index >= 15 is 0 Å². The summed E-state index contributed by atoms with van der Waals surface area (Å²) in [5, 5.41) is 11.8. The average Bonchev–Trinajstić information content (AvgIpc) is 2.56. The Hall–Kier alpha value is -2.52. The zero-order valence-corrected chi connectivity index (χ0v) is 14.6. The van der Waals surface area contributed by atoms with E-state index in [0.29, 0.717) is 19.5 Å². The third-order valence-corrected chi connectivity index (χ3v) is 4.42. The molecule has 0 aliphatic carbocycles. The van der Waals surface area contributed by atoms with Crippen molar-refractivity contribution in [2.45, 2.75) is 31.2 Å². The highest BCUT2D eigenvalue weighted by Gasteiger charge is 2.10. The van der Waals surface area contributed by atoms with Gasteiger partial charge < -0.3 is 5.32 Å². The maximum atomic E-state index is 12.1. The molecule has 8 nitrogen and oxygen atoms in total. The van der Waals surface area contributed by atoms with Gasteiger partial charge in [0.25, 0.3) is 11.5 Å². The molecule has 0 spiro atoms. The van der Waals surface area contributed by atoms with Crippen LogP contribution in [0.3, 0.4) is 0 Å². The van der Waals surface area contributed by atoms with Gasteiger partial charge in [0.1, 0.15) is 5.69 Å². The molecule has 9 heteroatoms. The van der Waals surface area contributed by atoms with Gasteiger partial charge in [0.2, 0.25) is 10.0 Å². The molecule has 2 rings (SSSR count). The molecule has 0 saturated carbocycles. The van der Waals surface area contributed by atoms with Crippen molar-refractivity contribution >= 4 is 15.9 Å². The van der Waals surface area contributed by atoms with Crippen LogP contribution in [0.5, 0.6) is 0 Å². The Bertz CT molecular complexity index is 904. The molecule has 0 aliphatic heterocycles. The Balaban J connectivity index is 1.94. The third kappa shape index (κ3) is 5.23. The van der Waals surface area contributed by atoms with Gasteiger partial charge in [-0.25, -0.2) is 18.2 Å². The van der Waals surface area contributed by atoms with Crippen LogP contribution < -0.4 is 16.0 Å². The van der Waals surface area contributed by atoms with Gasteiger partial charge in [-0.2, -0.15) is 5.10 Å². The first-order valence-electron chi connectivity index (χ1n) is 7.79. The van der Waals surface area contributed by atoms with Crippen molar-refractivity contribution in [2.75, 3.05) is 6.54 Å². The Morgan fingerprint density at radius 3 is 2.48 bits per heavy atom. The van der Waals surface area contributed by atoms with Crippen LogP contribution in [0.1, 0.15) is 29.4 Å². The molecule has 0 bridgehead atoms. The van der Waals surface area contributed by atoms with Crippen molar-refractivity contribution in [3.05, 3.63) is 58.0 Å². The molecule has 2 aromatic rings. The van der Waals surface area contributed by atoms with Crippen LogP contribution in [0, 0.1) is 0 Å². The van der Waals surface area contributed by atoms with E-state index in [1.807, 2.05) is 6.92 Å². The van der Waals surface area contributed by atoms with E-state index in [0.717, 1.165) is 12.0 Å². The Kier molecular flexibility index (Phi) is 6.05. The van der Waals surface area contributed by atoms with Crippen molar-refractivity contribution in [3.8, 4) is 0 Å². The minimum Gasteiger partial charge on any atom is -0.350 e. The smallest absolute Gasteiger partial charge is 0.271 e. The average molecular weight is 364 g/mol. The largest absolute Gasteiger partial charge is 0.350 e. The fourth-order valence-corrected chi connectivity index (χ4v) is 2.71. The van der Waals surface area contributed by atoms with Crippen LogP contribution in [0.15, 0.2) is 46.1 Å². The zero-order chi connectivity index (χ0) is 18.4. The second-order valence-corrected chi connectivity index (χ2v) is 7.04. The highest BCUT2D eigenvalue weighted by molar-refractivity contribution is 7.89. The summed E-state index contributed by atoms with van der Waals surface area (Å²) in [6.07, 6.45) is 1.26. The number of benzene rings is 1. The number of hydrogen-bond donors (Lipinski definition) is 2. The number of nitrogens with one attached hydrogen (secondary N) is 1. The van der Waals surface area contributed by atoms with Gasteiger partial charge in [0, 0.05) is 19.2 Å². The lowest BCUT2D eigenvalue weighted by atomic mass is 10.1. The number of nitrogens with two attached hydrogens (primary N) is 1. The molecule has 0 saturated heterocycles. The quantitative estimate of drug-likeness (QED) is 0.730. The molecule has 1 aromatic carbocycles. The molecule has 0 unspecified atom stereocenters. The molecule has 0 aliphatic rings. The van der Waals surface area contributed by atoms with Gasteiger partial charge in [-0.3, -0.25) is 9.59 Å². The van der Waals surface area contributed by atoms with E-state index in [2.05, 4.69) is 10.4 Å². The Morgan fingerprint density at radius 2 is 1.88 bits per heavy atom. The lowest BCUT2D eigenvalue weighted by Gasteiger charge is -2.07. The number of nitrogens with zero attached hydrogens (tertiary/aromatic N) is 2. The van der Waals surface area contributed by atoms with Gasteiger partial charge in [-0.1, -0.05) is 19.1 Å². The number of hydrogen-bond acceptors (Lipinski definition) is 5. The highest BCUT2D eigenvalue weighted by Crippen LogP contribution is 2.09. The molecule has 1 amide bonds. The predicted molar refractivity (Wildman–Crippen MR) is 92.6 cm³/mol. The van der Waals surface area contributed by atoms with Crippen LogP contribution in [-0.4, -0.2) is 30.7 Å². The summed E-state index contributed by atoms with van der Waals surface area (Å²) in [7, 11) is -3.71. The number of sulfonamides is 1. The topological polar surface area (TPSA) is 124 Å². The van der Waals surface area contributed by atoms with Crippen molar-refractivity contribution in [2.24, 2.45) is 5.14 Å². The zero-order valence-electron chi connectivity index (χ0n) is 13.8. The summed E-state index contributed by atoms with van der Waals surface area (Å²) in [6.45, 7) is 2.72. The van der Waals surface area contributed by atoms with E-state index in [4.69, 9.17) is 5.14 Å². The third-order valence-electron chi connectivity index (χ3n) is 3.49. The van der Waals surface area contributed by atoms with Crippen molar-refractivity contribution in [1.29, 1.82) is 0 Å². The molecule has 1 aromatic heterocycles. The first kappa shape index (κ1) is 18.8. The lowest BCUT2D eigenvalue weighted by molar-refractivity contribution is 0.0946. The van der Waals surface area contributed by atoms with Gasteiger partial charge in [-0.15, -0.1) is 0 Å². The van der Waals surface area contributed by atoms with Gasteiger partial charge in [-0.05, 0) is 36.6 Å². The van der Waals surface area contributed by atoms with Gasteiger partial charge in [0.05, 0.1) is 4.90 Å². The van der Waals surface area contributed by atoms with Gasteiger partial charge >= 0.3 is 0 Å². The summed E-state index contributed by atoms with van der Waals surface area (Å²) in [4.78, 5) is 23.7. The van der Waals surface area contributed by atoms with Crippen molar-refractivity contribution in [1.82, 2.24) is 15.1 Å². The fraction of sp³-hybridized carbons (Fsp3) is 0.312. The number of rotatable bonds is 7. The molecule has 25 heavy (non-hydrogen) atoms. The van der Waals surface area contributed by atoms with Crippen LogP contribution >= 0.6 is 0 Å². The number of carbonyl (C=O) groups is 1. The first-order chi connectivity index (χ1) is 11.8. The predicted octanol–water partition coefficient (Wildman–Crippen LogP) is 0.273. The number of primary sulfonamides is 1. The second kappa shape index (κ2) is 8.04. The Morgan fingerprint density at radius 1 is 1.20 bits per heavy atom. The van der Waals surface area contributed by atoms with Crippen molar-refractivity contribution in [3.63, 3.8) is 0 Å². The van der Waals surface area contributed by atoms with Gasteiger partial charge in [0.15, 0.2) is 0 Å². The summed E-state index contributed by atoms with van der Waals surface area (Å²) in [5.41, 5.74) is 0.794. The number of carbonyl (C=O) groups excluding carboxylic acids is 1. The number of amides is 1.